The number of halogens is 1. The quantitative estimate of drug-likeness (QED) is 0.602. The van der Waals surface area contributed by atoms with Gasteiger partial charge >= 0.3 is 0 Å². The van der Waals surface area contributed by atoms with Crippen LogP contribution in [0.2, 0.25) is 0 Å². The second-order valence-electron chi connectivity index (χ2n) is 5.43. The van der Waals surface area contributed by atoms with Gasteiger partial charge in [-0.25, -0.2) is 0 Å². The minimum absolute atomic E-state index is 0.0248. The normalized spacial score (nSPS) is 10.6. The summed E-state index contributed by atoms with van der Waals surface area (Å²) in [6.45, 7) is -0.0248. The van der Waals surface area contributed by atoms with Gasteiger partial charge in [0.05, 0.1) is 12.7 Å². The number of para-hydroxylation sites is 1. The molecular weight excluding hydrogens is 406 g/mol. The highest BCUT2D eigenvalue weighted by Crippen LogP contribution is 2.32. The minimum atomic E-state index is -0.203. The molecule has 0 unspecified atom stereocenters. The Morgan fingerprint density at radius 2 is 2.00 bits per heavy atom. The first kappa shape index (κ1) is 18.0. The predicted octanol–water partition coefficient (Wildman–Crippen LogP) is 3.38. The molecule has 9 heteroatoms. The van der Waals surface area contributed by atoms with Crippen LogP contribution in [-0.2, 0) is 6.61 Å². The Kier molecular flexibility index (Phi) is 5.27. The lowest BCUT2D eigenvalue weighted by Gasteiger charge is -2.16. The van der Waals surface area contributed by atoms with Crippen LogP contribution in [0.15, 0.2) is 43.8 Å². The van der Waals surface area contributed by atoms with Crippen molar-refractivity contribution < 1.29 is 23.1 Å². The fourth-order valence-corrected chi connectivity index (χ4v) is 2.52. The van der Waals surface area contributed by atoms with E-state index in [2.05, 4.69) is 26.1 Å². The highest BCUT2D eigenvalue weighted by molar-refractivity contribution is 9.10. The number of furan rings is 1. The van der Waals surface area contributed by atoms with Crippen LogP contribution in [-0.4, -0.2) is 42.2 Å². The lowest BCUT2D eigenvalue weighted by molar-refractivity contribution is 0.0821. The second-order valence-corrected chi connectivity index (χ2v) is 6.21. The van der Waals surface area contributed by atoms with Crippen LogP contribution in [0.5, 0.6) is 11.5 Å². The number of rotatable bonds is 6. The van der Waals surface area contributed by atoms with Gasteiger partial charge in [-0.3, -0.25) is 4.79 Å². The molecule has 0 spiro atoms. The van der Waals surface area contributed by atoms with Crippen molar-refractivity contribution in [3.05, 3.63) is 46.5 Å². The van der Waals surface area contributed by atoms with E-state index < -0.39 is 0 Å². The van der Waals surface area contributed by atoms with Crippen LogP contribution >= 0.6 is 15.9 Å². The molecule has 0 bridgehead atoms. The SMILES string of the molecule is COc1cccc(C(=O)N(C)C)c1OCc1nnc(-c2ccc(Br)o2)o1. The van der Waals surface area contributed by atoms with Crippen LogP contribution in [0, 0.1) is 0 Å². The Bertz CT molecular complexity index is 919. The summed E-state index contributed by atoms with van der Waals surface area (Å²) in [6.07, 6.45) is 0. The van der Waals surface area contributed by atoms with Crippen molar-refractivity contribution in [1.29, 1.82) is 0 Å². The number of ether oxygens (including phenoxy) is 2. The molecule has 3 rings (SSSR count). The monoisotopic (exact) mass is 421 g/mol. The van der Waals surface area contributed by atoms with Gasteiger partial charge in [-0.15, -0.1) is 10.2 Å². The average molecular weight is 422 g/mol. The van der Waals surface area contributed by atoms with Crippen LogP contribution in [0.1, 0.15) is 16.2 Å². The zero-order valence-electron chi connectivity index (χ0n) is 14.4. The number of carbonyl (C=O) groups is 1. The Balaban J connectivity index is 1.81. The highest BCUT2D eigenvalue weighted by Gasteiger charge is 2.20. The summed E-state index contributed by atoms with van der Waals surface area (Å²) >= 11 is 3.22. The van der Waals surface area contributed by atoms with Gasteiger partial charge in [0.15, 0.2) is 28.5 Å². The van der Waals surface area contributed by atoms with Gasteiger partial charge in [-0.2, -0.15) is 0 Å². The lowest BCUT2D eigenvalue weighted by Crippen LogP contribution is -2.22. The minimum Gasteiger partial charge on any atom is -0.493 e. The summed E-state index contributed by atoms with van der Waals surface area (Å²) < 4.78 is 22.5. The third kappa shape index (κ3) is 3.72. The van der Waals surface area contributed by atoms with Crippen molar-refractivity contribution in [2.45, 2.75) is 6.61 Å². The molecule has 136 valence electrons. The van der Waals surface area contributed by atoms with E-state index in [9.17, 15) is 4.79 Å². The van der Waals surface area contributed by atoms with Gasteiger partial charge in [-0.05, 0) is 40.2 Å². The number of nitrogens with zero attached hydrogens (tertiary/aromatic N) is 3. The van der Waals surface area contributed by atoms with E-state index in [0.717, 1.165) is 0 Å². The van der Waals surface area contributed by atoms with Gasteiger partial charge in [0, 0.05) is 14.1 Å². The number of benzene rings is 1. The van der Waals surface area contributed by atoms with Crippen LogP contribution < -0.4 is 9.47 Å². The molecule has 0 radical (unpaired) electrons. The van der Waals surface area contributed by atoms with E-state index in [0.29, 0.717) is 27.5 Å². The molecule has 0 atom stereocenters. The van der Waals surface area contributed by atoms with Gasteiger partial charge in [-0.1, -0.05) is 6.07 Å². The predicted molar refractivity (Wildman–Crippen MR) is 95.0 cm³/mol. The maximum atomic E-state index is 12.4. The van der Waals surface area contributed by atoms with E-state index in [1.165, 1.54) is 12.0 Å². The third-order valence-electron chi connectivity index (χ3n) is 3.43. The number of carbonyl (C=O) groups excluding carboxylic acids is 1. The Morgan fingerprint density at radius 1 is 1.19 bits per heavy atom. The molecule has 0 fully saturated rings. The third-order valence-corrected chi connectivity index (χ3v) is 3.85. The van der Waals surface area contributed by atoms with Gasteiger partial charge < -0.3 is 23.2 Å². The molecular formula is C17H16BrN3O5. The molecule has 0 N–H and O–H groups in total. The van der Waals surface area contributed by atoms with E-state index in [-0.39, 0.29) is 24.3 Å². The summed E-state index contributed by atoms with van der Waals surface area (Å²) in [5.41, 5.74) is 0.379. The maximum Gasteiger partial charge on any atom is 0.283 e. The smallest absolute Gasteiger partial charge is 0.283 e. The summed E-state index contributed by atoms with van der Waals surface area (Å²) in [5, 5.41) is 7.85. The van der Waals surface area contributed by atoms with Crippen molar-refractivity contribution >= 4 is 21.8 Å². The zero-order valence-corrected chi connectivity index (χ0v) is 15.9. The first-order valence-electron chi connectivity index (χ1n) is 7.59. The fourth-order valence-electron chi connectivity index (χ4n) is 2.21. The first-order chi connectivity index (χ1) is 12.5. The fraction of sp³-hybridized carbons (Fsp3) is 0.235. The van der Waals surface area contributed by atoms with Crippen molar-refractivity contribution in [3.63, 3.8) is 0 Å². The Labute approximate surface area is 157 Å². The molecule has 1 aromatic carbocycles. The van der Waals surface area contributed by atoms with Crippen molar-refractivity contribution in [1.82, 2.24) is 15.1 Å². The molecule has 2 heterocycles. The molecule has 0 aliphatic rings. The van der Waals surface area contributed by atoms with E-state index in [1.54, 1.807) is 44.4 Å². The molecule has 26 heavy (non-hydrogen) atoms. The lowest BCUT2D eigenvalue weighted by atomic mass is 10.1. The maximum absolute atomic E-state index is 12.4. The largest absolute Gasteiger partial charge is 0.493 e. The molecule has 1 amide bonds. The molecule has 0 aliphatic heterocycles. The van der Waals surface area contributed by atoms with E-state index in [1.807, 2.05) is 0 Å². The highest BCUT2D eigenvalue weighted by atomic mass is 79.9. The number of methoxy groups -OCH3 is 1. The standard InChI is InChI=1S/C17H16BrN3O5/c1-21(2)17(22)10-5-4-6-11(23-3)15(10)24-9-14-19-20-16(26-14)12-7-8-13(18)25-12/h4-8H,9H2,1-3H3. The Morgan fingerprint density at radius 3 is 2.65 bits per heavy atom. The van der Waals surface area contributed by atoms with E-state index in [4.69, 9.17) is 18.3 Å². The molecule has 0 saturated heterocycles. The first-order valence-corrected chi connectivity index (χ1v) is 8.38. The van der Waals surface area contributed by atoms with Crippen LogP contribution in [0.4, 0.5) is 0 Å². The summed E-state index contributed by atoms with van der Waals surface area (Å²) in [7, 11) is 4.83. The van der Waals surface area contributed by atoms with Crippen LogP contribution in [0.25, 0.3) is 11.7 Å². The van der Waals surface area contributed by atoms with Crippen molar-refractivity contribution in [2.24, 2.45) is 0 Å². The van der Waals surface area contributed by atoms with Gasteiger partial charge in [0.1, 0.15) is 0 Å². The van der Waals surface area contributed by atoms with Crippen molar-refractivity contribution in [3.8, 4) is 23.1 Å². The number of amides is 1. The number of hydrogen-bond acceptors (Lipinski definition) is 7. The van der Waals surface area contributed by atoms with Crippen molar-refractivity contribution in [2.75, 3.05) is 21.2 Å². The summed E-state index contributed by atoms with van der Waals surface area (Å²) in [6, 6.07) is 8.53. The number of aromatic nitrogens is 2. The molecule has 8 nitrogen and oxygen atoms in total. The summed E-state index contributed by atoms with van der Waals surface area (Å²) in [5.74, 6) is 1.46. The Hall–Kier alpha value is -2.81. The molecule has 0 aliphatic carbocycles. The molecule has 2 aromatic heterocycles. The van der Waals surface area contributed by atoms with Gasteiger partial charge in [0.25, 0.3) is 17.7 Å². The van der Waals surface area contributed by atoms with E-state index >= 15 is 0 Å². The zero-order chi connectivity index (χ0) is 18.7. The topological polar surface area (TPSA) is 90.8 Å². The number of hydrogen-bond donors (Lipinski definition) is 0. The van der Waals surface area contributed by atoms with Crippen LogP contribution in [0.3, 0.4) is 0 Å². The molecule has 3 aromatic rings. The summed E-state index contributed by atoms with van der Waals surface area (Å²) in [4.78, 5) is 13.8. The molecule has 0 saturated carbocycles. The second kappa shape index (κ2) is 7.61. The van der Waals surface area contributed by atoms with Gasteiger partial charge in [0.2, 0.25) is 0 Å². The average Bonchev–Trinajstić information content (AvgIpc) is 3.27.